The van der Waals surface area contributed by atoms with Crippen molar-refractivity contribution < 1.29 is 14.6 Å². The van der Waals surface area contributed by atoms with Crippen molar-refractivity contribution in [3.05, 3.63) is 84.0 Å². The van der Waals surface area contributed by atoms with Crippen molar-refractivity contribution in [1.29, 1.82) is 0 Å². The predicted octanol–water partition coefficient (Wildman–Crippen LogP) is 4.71. The molecule has 2 aromatic carbocycles. The van der Waals surface area contributed by atoms with Crippen LogP contribution in [0.4, 0.5) is 0 Å². The van der Waals surface area contributed by atoms with Gasteiger partial charge in [-0.15, -0.1) is 13.2 Å². The molecule has 3 nitrogen and oxygen atoms in total. The van der Waals surface area contributed by atoms with Gasteiger partial charge in [0.25, 0.3) is 6.47 Å². The maximum atomic E-state index is 10.7. The summed E-state index contributed by atoms with van der Waals surface area (Å²) in [6.45, 7) is 12.2. The zero-order valence-corrected chi connectivity index (χ0v) is 14.8. The molecule has 130 valence electrons. The van der Waals surface area contributed by atoms with E-state index in [2.05, 4.69) is 27.0 Å². The van der Waals surface area contributed by atoms with Crippen LogP contribution in [0.1, 0.15) is 36.1 Å². The number of carbonyl (C=O) groups excluding carboxylic acids is 1. The molecule has 3 heteroatoms. The lowest BCUT2D eigenvalue weighted by molar-refractivity contribution is -0.120. The monoisotopic (exact) mass is 336 g/mol. The maximum Gasteiger partial charge on any atom is 0.298 e. The minimum Gasteiger partial charge on any atom is -0.508 e. The lowest BCUT2D eigenvalue weighted by atomic mass is 9.77. The Morgan fingerprint density at radius 3 is 2.16 bits per heavy atom. The third-order valence-electron chi connectivity index (χ3n) is 4.49. The van der Waals surface area contributed by atoms with Crippen molar-refractivity contribution >= 4 is 6.47 Å². The Labute approximate surface area is 149 Å². The molecule has 0 unspecified atom stereocenters. The predicted molar refractivity (Wildman–Crippen MR) is 101 cm³/mol. The highest BCUT2D eigenvalue weighted by atomic mass is 16.5. The largest absolute Gasteiger partial charge is 0.508 e. The number of benzene rings is 2. The first-order chi connectivity index (χ1) is 11.9. The zero-order chi connectivity index (χ0) is 18.4. The number of carbonyl (C=O) groups is 1. The fourth-order valence-corrected chi connectivity index (χ4v) is 2.91. The van der Waals surface area contributed by atoms with E-state index in [1.807, 2.05) is 30.3 Å². The summed E-state index contributed by atoms with van der Waals surface area (Å²) >= 11 is 0. The van der Waals surface area contributed by atoms with Gasteiger partial charge in [-0.25, -0.2) is 0 Å². The second-order valence-electron chi connectivity index (χ2n) is 6.49. The van der Waals surface area contributed by atoms with Gasteiger partial charge in [0.2, 0.25) is 0 Å². The molecule has 0 fully saturated rings. The van der Waals surface area contributed by atoms with Crippen molar-refractivity contribution in [3.63, 3.8) is 0 Å². The van der Waals surface area contributed by atoms with Gasteiger partial charge in [-0.2, -0.15) is 0 Å². The molecule has 0 saturated carbocycles. The van der Waals surface area contributed by atoms with Crippen LogP contribution in [-0.4, -0.2) is 11.6 Å². The van der Waals surface area contributed by atoms with Crippen molar-refractivity contribution in [2.24, 2.45) is 0 Å². The number of aromatic hydroxyl groups is 1. The molecular weight excluding hydrogens is 312 g/mol. The van der Waals surface area contributed by atoms with Gasteiger partial charge in [0.1, 0.15) is 11.5 Å². The SMILES string of the molecule is C=CCc1cc(C(C)(C)c2ccc(OC=O)c(CC=C)c2)ccc1O. The summed E-state index contributed by atoms with van der Waals surface area (Å²) in [7, 11) is 0. The summed E-state index contributed by atoms with van der Waals surface area (Å²) in [5.41, 5.74) is 3.68. The Kier molecular flexibility index (Phi) is 5.81. The third-order valence-corrected chi connectivity index (χ3v) is 4.49. The average Bonchev–Trinajstić information content (AvgIpc) is 2.58. The van der Waals surface area contributed by atoms with Crippen LogP contribution in [0, 0.1) is 0 Å². The van der Waals surface area contributed by atoms with Crippen LogP contribution < -0.4 is 4.74 Å². The lowest BCUT2D eigenvalue weighted by Crippen LogP contribution is -2.19. The second kappa shape index (κ2) is 7.84. The van der Waals surface area contributed by atoms with Crippen LogP contribution >= 0.6 is 0 Å². The molecular formula is C22H24O3. The highest BCUT2D eigenvalue weighted by Crippen LogP contribution is 2.36. The Morgan fingerprint density at radius 2 is 1.56 bits per heavy atom. The molecule has 2 aromatic rings. The average molecular weight is 336 g/mol. The van der Waals surface area contributed by atoms with E-state index in [1.54, 1.807) is 18.2 Å². The van der Waals surface area contributed by atoms with E-state index in [0.717, 1.165) is 22.3 Å². The lowest BCUT2D eigenvalue weighted by Gasteiger charge is -2.28. The number of rotatable bonds is 8. The molecule has 0 saturated heterocycles. The number of hydrogen-bond donors (Lipinski definition) is 1. The number of hydrogen-bond acceptors (Lipinski definition) is 3. The minimum absolute atomic E-state index is 0.279. The fourth-order valence-electron chi connectivity index (χ4n) is 2.91. The molecule has 0 aliphatic heterocycles. The number of phenols is 1. The third kappa shape index (κ3) is 4.00. The van der Waals surface area contributed by atoms with Gasteiger partial charge in [0.05, 0.1) is 0 Å². The van der Waals surface area contributed by atoms with Crippen LogP contribution in [0.3, 0.4) is 0 Å². The van der Waals surface area contributed by atoms with Gasteiger partial charge < -0.3 is 9.84 Å². The molecule has 0 atom stereocenters. The second-order valence-corrected chi connectivity index (χ2v) is 6.49. The number of phenolic OH excluding ortho intramolecular Hbond substituents is 1. The van der Waals surface area contributed by atoms with Crippen LogP contribution in [0.5, 0.6) is 11.5 Å². The first-order valence-electron chi connectivity index (χ1n) is 8.22. The number of allylic oxidation sites excluding steroid dienone is 2. The molecule has 0 bridgehead atoms. The van der Waals surface area contributed by atoms with E-state index in [0.29, 0.717) is 25.1 Å². The molecule has 0 aromatic heterocycles. The van der Waals surface area contributed by atoms with Gasteiger partial charge in [-0.1, -0.05) is 50.3 Å². The molecule has 0 heterocycles. The van der Waals surface area contributed by atoms with Crippen molar-refractivity contribution in [1.82, 2.24) is 0 Å². The van der Waals surface area contributed by atoms with E-state index in [9.17, 15) is 9.90 Å². The van der Waals surface area contributed by atoms with Gasteiger partial charge in [-0.3, -0.25) is 4.79 Å². The van der Waals surface area contributed by atoms with Gasteiger partial charge >= 0.3 is 0 Å². The van der Waals surface area contributed by atoms with E-state index in [4.69, 9.17) is 4.74 Å². The molecule has 0 spiro atoms. The van der Waals surface area contributed by atoms with Crippen LogP contribution in [0.25, 0.3) is 0 Å². The van der Waals surface area contributed by atoms with Crippen molar-refractivity contribution in [3.8, 4) is 11.5 Å². The first kappa shape index (κ1) is 18.5. The van der Waals surface area contributed by atoms with E-state index in [-0.39, 0.29) is 11.2 Å². The van der Waals surface area contributed by atoms with Gasteiger partial charge in [0, 0.05) is 5.41 Å². The summed E-state index contributed by atoms with van der Waals surface area (Å²) in [5.74, 6) is 0.828. The smallest absolute Gasteiger partial charge is 0.298 e. The summed E-state index contributed by atoms with van der Waals surface area (Å²) in [6, 6.07) is 11.5. The Morgan fingerprint density at radius 1 is 1.00 bits per heavy atom. The van der Waals surface area contributed by atoms with Crippen molar-refractivity contribution in [2.75, 3.05) is 0 Å². The highest BCUT2D eigenvalue weighted by Gasteiger charge is 2.25. The Bertz CT molecular complexity index is 788. The summed E-state index contributed by atoms with van der Waals surface area (Å²) in [5, 5.41) is 10.0. The quantitative estimate of drug-likeness (QED) is 0.561. The fraction of sp³-hybridized carbons (Fsp3) is 0.227. The summed E-state index contributed by atoms with van der Waals surface area (Å²) in [6.07, 6.45) is 4.79. The Balaban J connectivity index is 2.49. The molecule has 2 rings (SSSR count). The maximum absolute atomic E-state index is 10.7. The molecule has 0 aliphatic carbocycles. The van der Waals surface area contributed by atoms with E-state index < -0.39 is 0 Å². The van der Waals surface area contributed by atoms with Crippen LogP contribution in [0.2, 0.25) is 0 Å². The highest BCUT2D eigenvalue weighted by molar-refractivity contribution is 5.52. The summed E-state index contributed by atoms with van der Waals surface area (Å²) < 4.78 is 5.06. The topological polar surface area (TPSA) is 46.5 Å². The zero-order valence-electron chi connectivity index (χ0n) is 14.8. The number of ether oxygens (including phenoxy) is 1. The Hall–Kier alpha value is -2.81. The standard InChI is InChI=1S/C22H24O3/c1-5-7-16-13-18(9-11-20(16)24)22(3,4)19-10-12-21(25-15-23)17(14-19)8-6-2/h5-6,9-15,24H,1-2,7-8H2,3-4H3. The van der Waals surface area contributed by atoms with E-state index >= 15 is 0 Å². The molecule has 1 N–H and O–H groups in total. The van der Waals surface area contributed by atoms with Gasteiger partial charge in [-0.05, 0) is 47.2 Å². The minimum atomic E-state index is -0.279. The first-order valence-corrected chi connectivity index (χ1v) is 8.22. The molecule has 0 radical (unpaired) electrons. The van der Waals surface area contributed by atoms with Crippen LogP contribution in [-0.2, 0) is 23.1 Å². The van der Waals surface area contributed by atoms with Crippen molar-refractivity contribution in [2.45, 2.75) is 32.1 Å². The molecule has 25 heavy (non-hydrogen) atoms. The molecule has 0 aliphatic rings. The van der Waals surface area contributed by atoms with Crippen LogP contribution in [0.15, 0.2) is 61.7 Å². The van der Waals surface area contributed by atoms with Gasteiger partial charge in [0.15, 0.2) is 0 Å². The molecule has 0 amide bonds. The summed E-state index contributed by atoms with van der Waals surface area (Å²) in [4.78, 5) is 10.7. The normalized spacial score (nSPS) is 11.0. The van der Waals surface area contributed by atoms with E-state index in [1.165, 1.54) is 0 Å².